The van der Waals surface area contributed by atoms with E-state index in [1.165, 1.54) is 18.5 Å². The Labute approximate surface area is 153 Å². The maximum absolute atomic E-state index is 12.9. The number of halogens is 3. The van der Waals surface area contributed by atoms with Gasteiger partial charge in [-0.05, 0) is 38.1 Å². The highest BCUT2D eigenvalue weighted by molar-refractivity contribution is 5.93. The first-order valence-electron chi connectivity index (χ1n) is 8.12. The fourth-order valence-electron chi connectivity index (χ4n) is 2.45. The molecule has 0 atom stereocenters. The Morgan fingerprint density at radius 1 is 1.22 bits per heavy atom. The molecule has 0 aliphatic heterocycles. The molecule has 9 heteroatoms. The van der Waals surface area contributed by atoms with E-state index < -0.39 is 23.2 Å². The van der Waals surface area contributed by atoms with Crippen LogP contribution in [0.15, 0.2) is 36.7 Å². The summed E-state index contributed by atoms with van der Waals surface area (Å²) in [6.07, 6.45) is -1.67. The van der Waals surface area contributed by atoms with Gasteiger partial charge in [-0.25, -0.2) is 4.98 Å². The van der Waals surface area contributed by atoms with Gasteiger partial charge in [0.05, 0.1) is 23.7 Å². The second-order valence-electron chi connectivity index (χ2n) is 6.94. The Kier molecular flexibility index (Phi) is 4.64. The zero-order chi connectivity index (χ0) is 19.8. The standard InChI is InChI=1S/C18H18F3N5O/c1-17(2,22)9-24-16(27)15-8-23-7-14(26-15)13-6-10-5-11(18(19,20)21)3-4-12(10)25-13/h3-8,25H,9,22H2,1-2H3,(H,24,27). The van der Waals surface area contributed by atoms with Crippen LogP contribution < -0.4 is 11.1 Å². The summed E-state index contributed by atoms with van der Waals surface area (Å²) >= 11 is 0. The van der Waals surface area contributed by atoms with Crippen LogP contribution in [-0.2, 0) is 6.18 Å². The molecule has 142 valence electrons. The molecule has 0 aliphatic carbocycles. The third-order valence-corrected chi connectivity index (χ3v) is 3.80. The van der Waals surface area contributed by atoms with Gasteiger partial charge in [0.1, 0.15) is 11.4 Å². The van der Waals surface area contributed by atoms with Crippen LogP contribution in [0.3, 0.4) is 0 Å². The van der Waals surface area contributed by atoms with Gasteiger partial charge in [-0.3, -0.25) is 9.78 Å². The van der Waals surface area contributed by atoms with Crippen LogP contribution in [0.25, 0.3) is 22.3 Å². The highest BCUT2D eigenvalue weighted by Gasteiger charge is 2.30. The number of amides is 1. The van der Waals surface area contributed by atoms with Crippen molar-refractivity contribution in [2.75, 3.05) is 6.54 Å². The van der Waals surface area contributed by atoms with E-state index in [2.05, 4.69) is 20.3 Å². The number of carbonyl (C=O) groups is 1. The van der Waals surface area contributed by atoms with Crippen molar-refractivity contribution in [1.82, 2.24) is 20.3 Å². The molecule has 0 saturated heterocycles. The van der Waals surface area contributed by atoms with Crippen molar-refractivity contribution in [2.45, 2.75) is 25.6 Å². The van der Waals surface area contributed by atoms with E-state index in [-0.39, 0.29) is 12.2 Å². The number of hydrogen-bond donors (Lipinski definition) is 3. The smallest absolute Gasteiger partial charge is 0.353 e. The second kappa shape index (κ2) is 6.66. The SMILES string of the molecule is CC(C)(N)CNC(=O)c1cncc(-c2cc3cc(C(F)(F)F)ccc3[nH]2)n1. The lowest BCUT2D eigenvalue weighted by Gasteiger charge is -2.18. The molecule has 0 bridgehead atoms. The van der Waals surface area contributed by atoms with Crippen LogP contribution in [0.4, 0.5) is 13.2 Å². The molecule has 27 heavy (non-hydrogen) atoms. The van der Waals surface area contributed by atoms with E-state index in [1.54, 1.807) is 19.9 Å². The Morgan fingerprint density at radius 2 is 1.96 bits per heavy atom. The van der Waals surface area contributed by atoms with Crippen LogP contribution in [0.5, 0.6) is 0 Å². The van der Waals surface area contributed by atoms with Gasteiger partial charge in [-0.1, -0.05) is 0 Å². The van der Waals surface area contributed by atoms with Crippen molar-refractivity contribution in [1.29, 1.82) is 0 Å². The topological polar surface area (TPSA) is 96.7 Å². The zero-order valence-electron chi connectivity index (χ0n) is 14.7. The summed E-state index contributed by atoms with van der Waals surface area (Å²) in [5.41, 5.74) is 5.95. The first-order valence-corrected chi connectivity index (χ1v) is 8.12. The molecule has 1 amide bonds. The maximum Gasteiger partial charge on any atom is 0.416 e. The van der Waals surface area contributed by atoms with Gasteiger partial charge in [0.25, 0.3) is 5.91 Å². The number of aromatic amines is 1. The van der Waals surface area contributed by atoms with Gasteiger partial charge in [0.2, 0.25) is 0 Å². The lowest BCUT2D eigenvalue weighted by Crippen LogP contribution is -2.45. The van der Waals surface area contributed by atoms with Crippen LogP contribution in [-0.4, -0.2) is 32.9 Å². The van der Waals surface area contributed by atoms with Crippen LogP contribution in [0.2, 0.25) is 0 Å². The summed E-state index contributed by atoms with van der Waals surface area (Å²) in [5, 5.41) is 3.06. The largest absolute Gasteiger partial charge is 0.416 e. The first kappa shape index (κ1) is 18.8. The number of rotatable bonds is 4. The van der Waals surface area contributed by atoms with Crippen molar-refractivity contribution in [3.63, 3.8) is 0 Å². The Bertz CT molecular complexity index is 989. The van der Waals surface area contributed by atoms with Crippen molar-refractivity contribution in [3.05, 3.63) is 47.9 Å². The van der Waals surface area contributed by atoms with Crippen LogP contribution in [0.1, 0.15) is 29.9 Å². The molecule has 6 nitrogen and oxygen atoms in total. The molecular weight excluding hydrogens is 359 g/mol. The van der Waals surface area contributed by atoms with Crippen LogP contribution in [0, 0.1) is 0 Å². The van der Waals surface area contributed by atoms with E-state index >= 15 is 0 Å². The van der Waals surface area contributed by atoms with E-state index in [0.29, 0.717) is 22.3 Å². The highest BCUT2D eigenvalue weighted by Crippen LogP contribution is 2.32. The fourth-order valence-corrected chi connectivity index (χ4v) is 2.45. The van der Waals surface area contributed by atoms with Gasteiger partial charge >= 0.3 is 6.18 Å². The summed E-state index contributed by atoms with van der Waals surface area (Å²) in [7, 11) is 0. The number of benzene rings is 1. The number of nitrogens with two attached hydrogens (primary N) is 1. The average Bonchev–Trinajstić information content (AvgIpc) is 3.01. The van der Waals surface area contributed by atoms with Crippen molar-refractivity contribution >= 4 is 16.8 Å². The lowest BCUT2D eigenvalue weighted by atomic mass is 10.1. The molecule has 0 unspecified atom stereocenters. The van der Waals surface area contributed by atoms with E-state index in [4.69, 9.17) is 5.73 Å². The number of H-pyrrole nitrogens is 1. The number of aromatic nitrogens is 3. The quantitative estimate of drug-likeness (QED) is 0.651. The first-order chi connectivity index (χ1) is 12.5. The minimum Gasteiger partial charge on any atom is -0.353 e. The highest BCUT2D eigenvalue weighted by atomic mass is 19.4. The fraction of sp³-hybridized carbons (Fsp3) is 0.278. The lowest BCUT2D eigenvalue weighted by molar-refractivity contribution is -0.137. The van der Waals surface area contributed by atoms with Gasteiger partial charge in [0, 0.05) is 23.0 Å². The predicted octanol–water partition coefficient (Wildman–Crippen LogP) is 3.11. The third-order valence-electron chi connectivity index (χ3n) is 3.80. The number of carbonyl (C=O) groups excluding carboxylic acids is 1. The molecule has 0 saturated carbocycles. The molecule has 0 spiro atoms. The maximum atomic E-state index is 12.9. The monoisotopic (exact) mass is 377 g/mol. The Balaban J connectivity index is 1.89. The van der Waals surface area contributed by atoms with E-state index in [0.717, 1.165) is 12.1 Å². The van der Waals surface area contributed by atoms with E-state index in [9.17, 15) is 18.0 Å². The summed E-state index contributed by atoms with van der Waals surface area (Å²) in [6.45, 7) is 3.80. The van der Waals surface area contributed by atoms with E-state index in [1.807, 2.05) is 0 Å². The number of nitrogens with zero attached hydrogens (tertiary/aromatic N) is 2. The molecule has 3 rings (SSSR count). The summed E-state index contributed by atoms with van der Waals surface area (Å²) in [6, 6.07) is 4.96. The van der Waals surface area contributed by atoms with Crippen molar-refractivity contribution in [3.8, 4) is 11.4 Å². The number of nitrogens with one attached hydrogen (secondary N) is 2. The Morgan fingerprint density at radius 3 is 2.63 bits per heavy atom. The van der Waals surface area contributed by atoms with Gasteiger partial charge in [-0.2, -0.15) is 13.2 Å². The van der Waals surface area contributed by atoms with Crippen LogP contribution >= 0.6 is 0 Å². The zero-order valence-corrected chi connectivity index (χ0v) is 14.7. The molecule has 3 aromatic rings. The molecule has 0 radical (unpaired) electrons. The molecule has 0 aliphatic rings. The molecular formula is C18H18F3N5O. The average molecular weight is 377 g/mol. The molecule has 1 aromatic carbocycles. The second-order valence-corrected chi connectivity index (χ2v) is 6.94. The van der Waals surface area contributed by atoms with Crippen molar-refractivity contribution < 1.29 is 18.0 Å². The molecule has 2 heterocycles. The number of alkyl halides is 3. The van der Waals surface area contributed by atoms with Gasteiger partial charge in [0.15, 0.2) is 0 Å². The predicted molar refractivity (Wildman–Crippen MR) is 94.9 cm³/mol. The molecule has 4 N–H and O–H groups in total. The van der Waals surface area contributed by atoms with Gasteiger partial charge < -0.3 is 16.0 Å². The number of hydrogen-bond acceptors (Lipinski definition) is 4. The normalized spacial score (nSPS) is 12.4. The van der Waals surface area contributed by atoms with Gasteiger partial charge in [-0.15, -0.1) is 0 Å². The summed E-state index contributed by atoms with van der Waals surface area (Å²) in [5.74, 6) is -0.432. The molecule has 0 fully saturated rings. The third kappa shape index (κ3) is 4.43. The number of fused-ring (bicyclic) bond motifs is 1. The summed E-state index contributed by atoms with van der Waals surface area (Å²) in [4.78, 5) is 23.4. The summed E-state index contributed by atoms with van der Waals surface area (Å²) < 4.78 is 38.6. The minimum atomic E-state index is -4.42. The minimum absolute atomic E-state index is 0.0892. The van der Waals surface area contributed by atoms with Crippen molar-refractivity contribution in [2.24, 2.45) is 5.73 Å². The Hall–Kier alpha value is -2.94. The molecule has 2 aromatic heterocycles.